The van der Waals surface area contributed by atoms with Gasteiger partial charge < -0.3 is 14.5 Å². The fraction of sp³-hybridized carbons (Fsp3) is 0.419. The Labute approximate surface area is 211 Å². The van der Waals surface area contributed by atoms with Gasteiger partial charge in [0.25, 0.3) is 0 Å². The van der Waals surface area contributed by atoms with Crippen molar-refractivity contribution in [3.05, 3.63) is 65.1 Å². The van der Waals surface area contributed by atoms with Crippen LogP contribution in [0.2, 0.25) is 0 Å². The monoisotopic (exact) mass is 475 g/mol. The lowest BCUT2D eigenvalue weighted by molar-refractivity contribution is 0.435. The van der Waals surface area contributed by atoms with E-state index in [1.807, 2.05) is 0 Å². The summed E-state index contributed by atoms with van der Waals surface area (Å²) in [5, 5.41) is 2.72. The van der Waals surface area contributed by atoms with Gasteiger partial charge in [-0.25, -0.2) is 9.97 Å². The van der Waals surface area contributed by atoms with E-state index in [1.54, 1.807) is 23.1 Å². The van der Waals surface area contributed by atoms with Crippen molar-refractivity contribution in [2.24, 2.45) is 0 Å². The van der Waals surface area contributed by atoms with Gasteiger partial charge in [-0.15, -0.1) is 0 Å². The van der Waals surface area contributed by atoms with E-state index in [4.69, 9.17) is 9.97 Å². The molecule has 5 heteroatoms. The Morgan fingerprint density at radius 2 is 1.81 bits per heavy atom. The second-order valence-electron chi connectivity index (χ2n) is 11.3. The lowest BCUT2D eigenvalue weighted by Gasteiger charge is -2.40. The van der Waals surface area contributed by atoms with Crippen LogP contribution in [0.15, 0.2) is 42.7 Å². The van der Waals surface area contributed by atoms with Gasteiger partial charge in [0.1, 0.15) is 17.4 Å². The summed E-state index contributed by atoms with van der Waals surface area (Å²) in [4.78, 5) is 15.8. The van der Waals surface area contributed by atoms with Crippen LogP contribution in [0.5, 0.6) is 0 Å². The van der Waals surface area contributed by atoms with Crippen LogP contribution in [-0.4, -0.2) is 26.1 Å². The van der Waals surface area contributed by atoms with Crippen molar-refractivity contribution >= 4 is 38.7 Å². The number of nitrogens with one attached hydrogen (secondary N) is 1. The highest BCUT2D eigenvalue weighted by molar-refractivity contribution is 6.08. The van der Waals surface area contributed by atoms with Gasteiger partial charge >= 0.3 is 0 Å². The van der Waals surface area contributed by atoms with Crippen molar-refractivity contribution < 1.29 is 0 Å². The van der Waals surface area contributed by atoms with Crippen LogP contribution in [0.4, 0.5) is 5.82 Å². The lowest BCUT2D eigenvalue weighted by Crippen LogP contribution is -2.40. The first-order chi connectivity index (χ1) is 17.8. The second kappa shape index (κ2) is 7.83. The van der Waals surface area contributed by atoms with E-state index in [-0.39, 0.29) is 0 Å². The third-order valence-corrected chi connectivity index (χ3v) is 9.26. The van der Waals surface area contributed by atoms with Gasteiger partial charge in [0.2, 0.25) is 0 Å². The zero-order valence-corrected chi connectivity index (χ0v) is 21.1. The molecule has 0 saturated heterocycles. The highest BCUT2D eigenvalue weighted by atomic mass is 15.3. The molecule has 0 amide bonds. The van der Waals surface area contributed by atoms with E-state index in [2.05, 4.69) is 57.8 Å². The summed E-state index contributed by atoms with van der Waals surface area (Å²) in [5.41, 5.74) is 10.7. The molecule has 5 aromatic rings. The third kappa shape index (κ3) is 2.95. The summed E-state index contributed by atoms with van der Waals surface area (Å²) in [6, 6.07) is 14.4. The average molecular weight is 476 g/mol. The van der Waals surface area contributed by atoms with E-state index < -0.39 is 0 Å². The highest BCUT2D eigenvalue weighted by Crippen LogP contribution is 2.46. The molecule has 0 spiro atoms. The SMILES string of the molecule is Cc1ccc2[nH]c3c(N4CCn5c6c(c7cc(C8CCCCC8)ccc75)CCCC64)ncnc3c2c1. The number of rotatable bonds is 2. The molecular weight excluding hydrogens is 442 g/mol. The molecule has 1 saturated carbocycles. The summed E-state index contributed by atoms with van der Waals surface area (Å²) in [6.07, 6.45) is 12.3. The third-order valence-electron chi connectivity index (χ3n) is 9.26. The van der Waals surface area contributed by atoms with Crippen molar-refractivity contribution in [1.29, 1.82) is 0 Å². The van der Waals surface area contributed by atoms with E-state index in [1.165, 1.54) is 73.2 Å². The van der Waals surface area contributed by atoms with Gasteiger partial charge in [0.05, 0.1) is 6.04 Å². The van der Waals surface area contributed by atoms with Gasteiger partial charge in [0.15, 0.2) is 5.82 Å². The number of anilines is 1. The molecule has 3 aliphatic rings. The standard InChI is InChI=1S/C31H33N5/c1-19-10-12-25-24(16-19)28-29(34-25)31(33-18-32-28)36-15-14-35-26-13-11-21(20-6-3-2-4-7-20)17-23(26)22-8-5-9-27(36)30(22)35/h10-13,16-18,20,27,34H,2-9,14-15H2,1H3. The Kier molecular flexibility index (Phi) is 4.53. The minimum atomic E-state index is 0.374. The van der Waals surface area contributed by atoms with Gasteiger partial charge in [-0.1, -0.05) is 37.0 Å². The molecule has 0 bridgehead atoms. The molecule has 1 aliphatic heterocycles. The molecule has 1 fully saturated rings. The molecule has 5 nitrogen and oxygen atoms in total. The number of aromatic amines is 1. The fourth-order valence-electron chi connectivity index (χ4n) is 7.58. The molecule has 2 aliphatic carbocycles. The minimum Gasteiger partial charge on any atom is -0.350 e. The minimum absolute atomic E-state index is 0.374. The predicted octanol–water partition coefficient (Wildman–Crippen LogP) is 7.32. The normalized spacial score (nSPS) is 20.5. The molecule has 1 N–H and O–H groups in total. The predicted molar refractivity (Wildman–Crippen MR) is 147 cm³/mol. The smallest absolute Gasteiger partial charge is 0.157 e. The van der Waals surface area contributed by atoms with Crippen LogP contribution >= 0.6 is 0 Å². The van der Waals surface area contributed by atoms with Crippen LogP contribution in [0.25, 0.3) is 32.8 Å². The van der Waals surface area contributed by atoms with Crippen LogP contribution in [0.3, 0.4) is 0 Å². The van der Waals surface area contributed by atoms with Gasteiger partial charge in [0, 0.05) is 40.6 Å². The Morgan fingerprint density at radius 1 is 0.889 bits per heavy atom. The summed E-state index contributed by atoms with van der Waals surface area (Å²) in [7, 11) is 0. The lowest BCUT2D eigenvalue weighted by atomic mass is 9.83. The first-order valence-corrected chi connectivity index (χ1v) is 13.9. The number of fused-ring (bicyclic) bond motifs is 6. The molecule has 8 rings (SSSR count). The first kappa shape index (κ1) is 20.8. The van der Waals surface area contributed by atoms with E-state index in [0.29, 0.717) is 6.04 Å². The molecule has 1 atom stereocenters. The average Bonchev–Trinajstić information content (AvgIpc) is 3.46. The number of nitrogens with zero attached hydrogens (tertiary/aromatic N) is 4. The van der Waals surface area contributed by atoms with Crippen LogP contribution in [-0.2, 0) is 13.0 Å². The van der Waals surface area contributed by atoms with Crippen molar-refractivity contribution in [2.45, 2.75) is 76.8 Å². The molecular formula is C31H33N5. The number of H-pyrrole nitrogens is 1. The Morgan fingerprint density at radius 3 is 2.72 bits per heavy atom. The van der Waals surface area contributed by atoms with E-state index in [9.17, 15) is 0 Å². The number of hydrogen-bond acceptors (Lipinski definition) is 3. The first-order valence-electron chi connectivity index (χ1n) is 13.9. The number of aryl methyl sites for hydroxylation is 2. The summed E-state index contributed by atoms with van der Waals surface area (Å²) < 4.78 is 2.64. The maximum atomic E-state index is 4.88. The van der Waals surface area contributed by atoms with Crippen LogP contribution < -0.4 is 4.90 Å². The largest absolute Gasteiger partial charge is 0.350 e. The van der Waals surface area contributed by atoms with E-state index >= 15 is 0 Å². The zero-order chi connectivity index (χ0) is 23.8. The summed E-state index contributed by atoms with van der Waals surface area (Å²) >= 11 is 0. The number of hydrogen-bond donors (Lipinski definition) is 1. The number of aromatic nitrogens is 4. The number of benzene rings is 2. The van der Waals surface area contributed by atoms with E-state index in [0.717, 1.165) is 41.4 Å². The molecule has 2 aromatic carbocycles. The maximum absolute atomic E-state index is 4.88. The van der Waals surface area contributed by atoms with Gasteiger partial charge in [-0.05, 0) is 80.3 Å². The highest BCUT2D eigenvalue weighted by Gasteiger charge is 2.36. The molecule has 0 radical (unpaired) electrons. The van der Waals surface area contributed by atoms with Gasteiger partial charge in [-0.3, -0.25) is 0 Å². The molecule has 182 valence electrons. The topological polar surface area (TPSA) is 49.7 Å². The van der Waals surface area contributed by atoms with Crippen molar-refractivity contribution in [3.8, 4) is 0 Å². The van der Waals surface area contributed by atoms with Crippen molar-refractivity contribution in [2.75, 3.05) is 11.4 Å². The Hall–Kier alpha value is -3.34. The van der Waals surface area contributed by atoms with Crippen molar-refractivity contribution in [3.63, 3.8) is 0 Å². The second-order valence-corrected chi connectivity index (χ2v) is 11.3. The Bertz CT molecular complexity index is 1630. The fourth-order valence-corrected chi connectivity index (χ4v) is 7.58. The van der Waals surface area contributed by atoms with Crippen LogP contribution in [0, 0.1) is 6.92 Å². The van der Waals surface area contributed by atoms with Crippen LogP contribution in [0.1, 0.15) is 79.3 Å². The molecule has 4 heterocycles. The Balaban J connectivity index is 1.26. The zero-order valence-electron chi connectivity index (χ0n) is 21.1. The maximum Gasteiger partial charge on any atom is 0.157 e. The molecule has 1 unspecified atom stereocenters. The summed E-state index contributed by atoms with van der Waals surface area (Å²) in [5.74, 6) is 1.81. The van der Waals surface area contributed by atoms with Gasteiger partial charge in [-0.2, -0.15) is 0 Å². The molecule has 36 heavy (non-hydrogen) atoms. The summed E-state index contributed by atoms with van der Waals surface area (Å²) in [6.45, 7) is 4.13. The quantitative estimate of drug-likeness (QED) is 0.291. The van der Waals surface area contributed by atoms with Crippen molar-refractivity contribution in [1.82, 2.24) is 19.5 Å². The molecule has 3 aromatic heterocycles.